The normalized spacial score (nSPS) is 19.0. The van der Waals surface area contributed by atoms with Crippen molar-refractivity contribution in [2.75, 3.05) is 12.4 Å². The lowest BCUT2D eigenvalue weighted by Crippen LogP contribution is -2.17. The summed E-state index contributed by atoms with van der Waals surface area (Å²) in [6, 6.07) is 5.64. The smallest absolute Gasteiger partial charge is 0.224 e. The van der Waals surface area contributed by atoms with E-state index in [2.05, 4.69) is 15.3 Å². The number of hydrogen-bond acceptors (Lipinski definition) is 4. The van der Waals surface area contributed by atoms with Crippen molar-refractivity contribution in [3.8, 4) is 5.75 Å². The molecule has 7 heteroatoms. The standard InChI is InChI=1S/C17H16Cl3N3O/c1-9-11(18)4-5-13-15(9)16(23-17(20)22-13)21-8-10-3-6-14(24-2)12(19)7-10/h3-7,9,11H,8H2,1-2H3,(H,21,22,23). The van der Waals surface area contributed by atoms with Gasteiger partial charge in [0.05, 0.1) is 23.2 Å². The van der Waals surface area contributed by atoms with E-state index in [1.54, 1.807) is 7.11 Å². The third-order valence-corrected chi connectivity index (χ3v) is 4.98. The second-order valence-electron chi connectivity index (χ2n) is 5.55. The Bertz CT molecular complexity index is 795. The summed E-state index contributed by atoms with van der Waals surface area (Å²) in [5, 5.41) is 3.99. The van der Waals surface area contributed by atoms with E-state index in [0.29, 0.717) is 23.1 Å². The molecule has 3 rings (SSSR count). The van der Waals surface area contributed by atoms with E-state index >= 15 is 0 Å². The molecule has 1 aromatic heterocycles. The van der Waals surface area contributed by atoms with E-state index in [1.807, 2.05) is 37.3 Å². The van der Waals surface area contributed by atoms with E-state index in [1.165, 1.54) is 0 Å². The van der Waals surface area contributed by atoms with Gasteiger partial charge in [0, 0.05) is 18.0 Å². The number of allylic oxidation sites excluding steroid dienone is 1. The largest absolute Gasteiger partial charge is 0.495 e. The number of alkyl halides is 1. The highest BCUT2D eigenvalue weighted by Crippen LogP contribution is 2.36. The predicted octanol–water partition coefficient (Wildman–Crippen LogP) is 5.14. The van der Waals surface area contributed by atoms with Crippen LogP contribution in [-0.2, 0) is 6.54 Å². The fourth-order valence-corrected chi connectivity index (χ4v) is 3.34. The summed E-state index contributed by atoms with van der Waals surface area (Å²) in [6.45, 7) is 2.60. The molecule has 2 atom stereocenters. The molecule has 126 valence electrons. The molecule has 1 heterocycles. The number of halogens is 3. The maximum atomic E-state index is 6.34. The molecule has 0 saturated carbocycles. The Morgan fingerprint density at radius 2 is 2.04 bits per heavy atom. The van der Waals surface area contributed by atoms with E-state index in [4.69, 9.17) is 39.5 Å². The summed E-state index contributed by atoms with van der Waals surface area (Å²) in [4.78, 5) is 8.62. The number of fused-ring (bicyclic) bond motifs is 1. The number of methoxy groups -OCH3 is 1. The third-order valence-electron chi connectivity index (χ3n) is 3.99. The zero-order valence-electron chi connectivity index (χ0n) is 13.2. The molecular weight excluding hydrogens is 369 g/mol. The van der Waals surface area contributed by atoms with E-state index in [-0.39, 0.29) is 16.6 Å². The van der Waals surface area contributed by atoms with Gasteiger partial charge in [0.1, 0.15) is 11.6 Å². The lowest BCUT2D eigenvalue weighted by molar-refractivity contribution is 0.415. The summed E-state index contributed by atoms with van der Waals surface area (Å²) >= 11 is 18.6. The van der Waals surface area contributed by atoms with Crippen molar-refractivity contribution in [3.63, 3.8) is 0 Å². The van der Waals surface area contributed by atoms with Gasteiger partial charge >= 0.3 is 0 Å². The van der Waals surface area contributed by atoms with Gasteiger partial charge in [0.25, 0.3) is 0 Å². The Morgan fingerprint density at radius 1 is 1.25 bits per heavy atom. The molecule has 0 spiro atoms. The number of rotatable bonds is 4. The lowest BCUT2D eigenvalue weighted by Gasteiger charge is -2.24. The van der Waals surface area contributed by atoms with Crippen LogP contribution in [0.4, 0.5) is 5.82 Å². The molecule has 0 fully saturated rings. The molecule has 0 amide bonds. The van der Waals surface area contributed by atoms with Crippen molar-refractivity contribution < 1.29 is 4.74 Å². The van der Waals surface area contributed by atoms with Crippen LogP contribution >= 0.6 is 34.8 Å². The van der Waals surface area contributed by atoms with Gasteiger partial charge in [0.2, 0.25) is 5.28 Å². The minimum atomic E-state index is -0.0988. The highest BCUT2D eigenvalue weighted by atomic mass is 35.5. The van der Waals surface area contributed by atoms with Crippen molar-refractivity contribution in [2.24, 2.45) is 0 Å². The van der Waals surface area contributed by atoms with Crippen LogP contribution in [0, 0.1) is 0 Å². The summed E-state index contributed by atoms with van der Waals surface area (Å²) in [7, 11) is 1.59. The minimum Gasteiger partial charge on any atom is -0.495 e. The fraction of sp³-hybridized carbons (Fsp3) is 0.294. The molecule has 1 aliphatic rings. The Hall–Kier alpha value is -1.49. The predicted molar refractivity (Wildman–Crippen MR) is 99.5 cm³/mol. The summed E-state index contributed by atoms with van der Waals surface area (Å²) in [5.41, 5.74) is 2.78. The first kappa shape index (κ1) is 17.3. The van der Waals surface area contributed by atoms with Gasteiger partial charge in [-0.2, -0.15) is 0 Å². The first-order chi connectivity index (χ1) is 11.5. The molecule has 24 heavy (non-hydrogen) atoms. The molecule has 1 N–H and O–H groups in total. The number of nitrogens with zero attached hydrogens (tertiary/aromatic N) is 2. The van der Waals surface area contributed by atoms with Crippen molar-refractivity contribution in [2.45, 2.75) is 24.8 Å². The number of ether oxygens (including phenoxy) is 1. The zero-order valence-corrected chi connectivity index (χ0v) is 15.5. The Kier molecular flexibility index (Phi) is 5.18. The first-order valence-corrected chi connectivity index (χ1v) is 8.65. The first-order valence-electron chi connectivity index (χ1n) is 7.45. The Balaban J connectivity index is 1.87. The second-order valence-corrected chi connectivity index (χ2v) is 6.80. The van der Waals surface area contributed by atoms with Gasteiger partial charge < -0.3 is 10.1 Å². The van der Waals surface area contributed by atoms with Crippen LogP contribution in [0.3, 0.4) is 0 Å². The summed E-state index contributed by atoms with van der Waals surface area (Å²) < 4.78 is 5.17. The minimum absolute atomic E-state index is 0.0888. The maximum absolute atomic E-state index is 6.34. The van der Waals surface area contributed by atoms with Gasteiger partial charge in [-0.3, -0.25) is 0 Å². The molecule has 0 aliphatic heterocycles. The van der Waals surface area contributed by atoms with Crippen molar-refractivity contribution in [3.05, 3.63) is 51.4 Å². The average Bonchev–Trinajstić information content (AvgIpc) is 2.56. The van der Waals surface area contributed by atoms with Crippen LogP contribution in [0.5, 0.6) is 5.75 Å². The number of hydrogen-bond donors (Lipinski definition) is 1. The summed E-state index contributed by atoms with van der Waals surface area (Å²) in [5.74, 6) is 1.43. The summed E-state index contributed by atoms with van der Waals surface area (Å²) in [6.07, 6.45) is 3.81. The van der Waals surface area contributed by atoms with E-state index in [9.17, 15) is 0 Å². The van der Waals surface area contributed by atoms with E-state index in [0.717, 1.165) is 16.8 Å². The molecule has 0 bridgehead atoms. The van der Waals surface area contributed by atoms with Crippen molar-refractivity contribution >= 4 is 46.7 Å². The topological polar surface area (TPSA) is 47.0 Å². The molecule has 1 aliphatic carbocycles. The van der Waals surface area contributed by atoms with Crippen molar-refractivity contribution in [1.29, 1.82) is 0 Å². The number of benzene rings is 1. The molecule has 2 unspecified atom stereocenters. The van der Waals surface area contributed by atoms with Crippen molar-refractivity contribution in [1.82, 2.24) is 9.97 Å². The number of nitrogens with one attached hydrogen (secondary N) is 1. The number of anilines is 1. The van der Waals surface area contributed by atoms with Gasteiger partial charge in [-0.05, 0) is 35.4 Å². The van der Waals surface area contributed by atoms with Gasteiger partial charge in [0.15, 0.2) is 0 Å². The van der Waals surface area contributed by atoms with Crippen LogP contribution in [0.15, 0.2) is 24.3 Å². The van der Waals surface area contributed by atoms with Crippen LogP contribution in [0.1, 0.15) is 29.7 Å². The molecule has 1 aromatic carbocycles. The highest BCUT2D eigenvalue weighted by Gasteiger charge is 2.26. The molecule has 0 radical (unpaired) electrons. The van der Waals surface area contributed by atoms with Crippen LogP contribution in [0.2, 0.25) is 10.3 Å². The van der Waals surface area contributed by atoms with Crippen LogP contribution in [0.25, 0.3) is 6.08 Å². The molecule has 4 nitrogen and oxygen atoms in total. The SMILES string of the molecule is COc1ccc(CNc2nc(Cl)nc3c2C(C)C(Cl)C=C3)cc1Cl. The molecular formula is C17H16Cl3N3O. The quantitative estimate of drug-likeness (QED) is 0.585. The monoisotopic (exact) mass is 383 g/mol. The van der Waals surface area contributed by atoms with Gasteiger partial charge in [-0.1, -0.05) is 30.7 Å². The van der Waals surface area contributed by atoms with Gasteiger partial charge in [-0.25, -0.2) is 9.97 Å². The number of aromatic nitrogens is 2. The van der Waals surface area contributed by atoms with E-state index < -0.39 is 0 Å². The fourth-order valence-electron chi connectivity index (χ4n) is 2.68. The Morgan fingerprint density at radius 3 is 2.75 bits per heavy atom. The highest BCUT2D eigenvalue weighted by molar-refractivity contribution is 6.32. The second kappa shape index (κ2) is 7.18. The Labute approximate surface area is 155 Å². The molecule has 0 saturated heterocycles. The average molecular weight is 385 g/mol. The third kappa shape index (κ3) is 3.46. The maximum Gasteiger partial charge on any atom is 0.224 e. The zero-order chi connectivity index (χ0) is 17.3. The van der Waals surface area contributed by atoms with Crippen LogP contribution in [-0.4, -0.2) is 22.5 Å². The van der Waals surface area contributed by atoms with Crippen LogP contribution < -0.4 is 10.1 Å². The van der Waals surface area contributed by atoms with Gasteiger partial charge in [-0.15, -0.1) is 11.6 Å². The molecule has 2 aromatic rings. The lowest BCUT2D eigenvalue weighted by atomic mass is 9.91.